The van der Waals surface area contributed by atoms with E-state index in [0.29, 0.717) is 17.3 Å². The van der Waals surface area contributed by atoms with Crippen LogP contribution < -0.4 is 10.5 Å². The van der Waals surface area contributed by atoms with Crippen molar-refractivity contribution >= 4 is 34.3 Å². The molecule has 1 aliphatic heterocycles. The minimum atomic E-state index is -0.503. The number of aromatic nitrogens is 3. The molecule has 1 fully saturated rings. The highest BCUT2D eigenvalue weighted by molar-refractivity contribution is 6.43. The van der Waals surface area contributed by atoms with Crippen LogP contribution in [0.15, 0.2) is 58.3 Å². The summed E-state index contributed by atoms with van der Waals surface area (Å²) in [5, 5.41) is 4.58. The van der Waals surface area contributed by atoms with Crippen molar-refractivity contribution in [2.45, 2.75) is 67.4 Å². The molecule has 5 rings (SSSR count). The Morgan fingerprint density at radius 2 is 1.69 bits per heavy atom. The average Bonchev–Trinajstić information content (AvgIpc) is 3.26. The molecule has 1 aromatic heterocycles. The molecule has 0 saturated heterocycles. The molecule has 0 amide bonds. The highest BCUT2D eigenvalue weighted by atomic mass is 16.5. The molecule has 2 atom stereocenters. The topological polar surface area (TPSA) is 89.7 Å². The summed E-state index contributed by atoms with van der Waals surface area (Å²) in [6, 6.07) is 15.8. The van der Waals surface area contributed by atoms with Crippen molar-refractivity contribution in [3.63, 3.8) is 0 Å². The van der Waals surface area contributed by atoms with E-state index in [1.807, 2.05) is 43.3 Å². The fraction of sp³-hybridized carbons (Fsp3) is 0.441. The summed E-state index contributed by atoms with van der Waals surface area (Å²) in [6.45, 7) is 16.3. The number of benzene rings is 2. The number of aryl methyl sites for hydroxylation is 2. The van der Waals surface area contributed by atoms with E-state index >= 15 is 0 Å². The Bertz CT molecular complexity index is 1590. The molecule has 8 nitrogen and oxygen atoms in total. The van der Waals surface area contributed by atoms with Gasteiger partial charge < -0.3 is 9.64 Å². The number of anilines is 1. The number of nitrogens with zero attached hydrogens (tertiary/aromatic N) is 5. The Morgan fingerprint density at radius 3 is 2.31 bits per heavy atom. The third kappa shape index (κ3) is 5.54. The van der Waals surface area contributed by atoms with Crippen LogP contribution in [0.3, 0.4) is 0 Å². The van der Waals surface area contributed by atoms with Crippen LogP contribution in [0.25, 0.3) is 11.1 Å². The molecular formula is C34H41N5O3. The monoisotopic (exact) mass is 567 g/mol. The maximum Gasteiger partial charge on any atom is 0.343 e. The van der Waals surface area contributed by atoms with E-state index in [4.69, 9.17) is 9.73 Å². The number of hydrogen-bond donors (Lipinski definition) is 0. The van der Waals surface area contributed by atoms with Gasteiger partial charge in [0, 0.05) is 24.4 Å². The molecule has 2 unspecified atom stereocenters. The molecule has 1 aliphatic carbocycles. The molecule has 2 aliphatic rings. The van der Waals surface area contributed by atoms with Crippen molar-refractivity contribution in [3.05, 3.63) is 81.5 Å². The molecular weight excluding hydrogens is 526 g/mol. The van der Waals surface area contributed by atoms with Gasteiger partial charge in [0.2, 0.25) is 0 Å². The number of ether oxygens (including phenoxy) is 1. The van der Waals surface area contributed by atoms with E-state index in [2.05, 4.69) is 61.7 Å². The van der Waals surface area contributed by atoms with Crippen molar-refractivity contribution in [2.75, 3.05) is 18.0 Å². The van der Waals surface area contributed by atoms with Crippen LogP contribution in [0, 0.1) is 31.6 Å². The fourth-order valence-corrected chi connectivity index (χ4v) is 6.55. The quantitative estimate of drug-likeness (QED) is 0.315. The third-order valence-corrected chi connectivity index (χ3v) is 8.58. The van der Waals surface area contributed by atoms with Crippen LogP contribution in [0.1, 0.15) is 70.1 Å². The summed E-state index contributed by atoms with van der Waals surface area (Å²) in [7, 11) is 0. The van der Waals surface area contributed by atoms with Gasteiger partial charge in [0.25, 0.3) is 5.56 Å². The lowest BCUT2D eigenvalue weighted by Crippen LogP contribution is -2.37. The zero-order chi connectivity index (χ0) is 30.1. The largest absolute Gasteiger partial charge is 0.458 e. The molecule has 8 heteroatoms. The predicted molar refractivity (Wildman–Crippen MR) is 168 cm³/mol. The van der Waals surface area contributed by atoms with E-state index in [-0.39, 0.29) is 35.0 Å². The first-order valence-corrected chi connectivity index (χ1v) is 15.1. The number of carbonyl (C=O) groups excluding carboxylic acids is 1. The van der Waals surface area contributed by atoms with Crippen LogP contribution in [-0.4, -0.2) is 45.8 Å². The molecule has 0 bridgehead atoms. The summed E-state index contributed by atoms with van der Waals surface area (Å²) in [5.74, 6) is 1.13. The van der Waals surface area contributed by atoms with Crippen LogP contribution >= 0.6 is 0 Å². The number of allylic oxidation sites excluding steroid dienone is 1. The third-order valence-electron chi connectivity index (χ3n) is 8.58. The van der Waals surface area contributed by atoms with Crippen molar-refractivity contribution in [2.24, 2.45) is 22.7 Å². The average molecular weight is 568 g/mol. The van der Waals surface area contributed by atoms with E-state index in [1.165, 1.54) is 4.68 Å². The van der Waals surface area contributed by atoms with Crippen molar-refractivity contribution < 1.29 is 9.53 Å². The van der Waals surface area contributed by atoms with Gasteiger partial charge in [-0.1, -0.05) is 51.1 Å². The molecule has 2 heterocycles. The van der Waals surface area contributed by atoms with Gasteiger partial charge in [-0.15, -0.1) is 0 Å². The fourth-order valence-electron chi connectivity index (χ4n) is 6.55. The first-order valence-electron chi connectivity index (χ1n) is 15.1. The first-order chi connectivity index (χ1) is 20.1. The number of carbonyl (C=O) groups is 1. The number of rotatable bonds is 7. The van der Waals surface area contributed by atoms with Crippen molar-refractivity contribution in [3.8, 4) is 0 Å². The van der Waals surface area contributed by atoms with E-state index in [9.17, 15) is 9.59 Å². The van der Waals surface area contributed by atoms with E-state index in [1.54, 1.807) is 6.92 Å². The highest BCUT2D eigenvalue weighted by Crippen LogP contribution is 2.39. The van der Waals surface area contributed by atoms with Crippen LogP contribution in [0.5, 0.6) is 0 Å². The second kappa shape index (κ2) is 12.0. The Morgan fingerprint density at radius 1 is 1.02 bits per heavy atom. The van der Waals surface area contributed by atoms with Gasteiger partial charge in [-0.3, -0.25) is 4.79 Å². The van der Waals surface area contributed by atoms with Gasteiger partial charge in [-0.25, -0.2) is 9.79 Å². The molecule has 0 spiro atoms. The maximum absolute atomic E-state index is 14.2. The number of hydrogen-bond acceptors (Lipinski definition) is 7. The Hall–Kier alpha value is -4.07. The van der Waals surface area contributed by atoms with Gasteiger partial charge in [0.1, 0.15) is 17.4 Å². The molecule has 2 aromatic carbocycles. The Balaban J connectivity index is 1.69. The second-order valence-electron chi connectivity index (χ2n) is 11.8. The summed E-state index contributed by atoms with van der Waals surface area (Å²) in [4.78, 5) is 38.7. The SMILES string of the molecule is CCN(CC)c1ccc(N=C2C(c3ccccc3)=C(C(=O)OC3C(C)CC(C)CC3C)c3nc(=O)c(C)nn32)c(C)c1. The maximum atomic E-state index is 14.2. The summed E-state index contributed by atoms with van der Waals surface area (Å²) in [6.07, 6.45) is 1.77. The summed E-state index contributed by atoms with van der Waals surface area (Å²) >= 11 is 0. The van der Waals surface area contributed by atoms with Crippen LogP contribution in [0.4, 0.5) is 11.4 Å². The summed E-state index contributed by atoms with van der Waals surface area (Å²) in [5.41, 5.74) is 4.16. The van der Waals surface area contributed by atoms with Crippen molar-refractivity contribution in [1.29, 1.82) is 0 Å². The van der Waals surface area contributed by atoms with Gasteiger partial charge in [0.05, 0.1) is 5.69 Å². The van der Waals surface area contributed by atoms with Gasteiger partial charge in [-0.05, 0) is 87.6 Å². The lowest BCUT2D eigenvalue weighted by Gasteiger charge is -2.37. The second-order valence-corrected chi connectivity index (χ2v) is 11.8. The highest BCUT2D eigenvalue weighted by Gasteiger charge is 2.40. The normalized spacial score (nSPS) is 22.8. The summed E-state index contributed by atoms with van der Waals surface area (Å²) < 4.78 is 7.81. The van der Waals surface area contributed by atoms with Crippen molar-refractivity contribution in [1.82, 2.24) is 14.8 Å². The molecule has 220 valence electrons. The molecule has 0 N–H and O–H groups in total. The first kappa shape index (κ1) is 29.4. The Labute approximate surface area is 248 Å². The van der Waals surface area contributed by atoms with Gasteiger partial charge in [-0.2, -0.15) is 14.8 Å². The molecule has 0 radical (unpaired) electrons. The number of fused-ring (bicyclic) bond motifs is 1. The minimum absolute atomic E-state index is 0.162. The lowest BCUT2D eigenvalue weighted by atomic mass is 9.75. The minimum Gasteiger partial charge on any atom is -0.458 e. The van der Waals surface area contributed by atoms with E-state index in [0.717, 1.165) is 48.4 Å². The zero-order valence-corrected chi connectivity index (χ0v) is 25.7. The van der Waals surface area contributed by atoms with Crippen LogP contribution in [-0.2, 0) is 9.53 Å². The number of esters is 1. The van der Waals surface area contributed by atoms with Gasteiger partial charge >= 0.3 is 5.97 Å². The smallest absolute Gasteiger partial charge is 0.343 e. The predicted octanol–water partition coefficient (Wildman–Crippen LogP) is 6.22. The Kier molecular flexibility index (Phi) is 8.43. The molecule has 42 heavy (non-hydrogen) atoms. The standard InChI is InChI=1S/C34H41N5O3/c1-8-38(9-2)26-15-16-27(21(4)19-26)35-31-28(25-13-11-10-12-14-25)29(32-36-33(40)24(7)37-39(31)32)34(41)42-30-22(5)17-20(3)18-23(30)6/h10-16,19-20,22-23,30H,8-9,17-18H2,1-7H3. The van der Waals surface area contributed by atoms with Crippen LogP contribution in [0.2, 0.25) is 0 Å². The zero-order valence-electron chi connectivity index (χ0n) is 25.7. The lowest BCUT2D eigenvalue weighted by molar-refractivity contribution is -0.150. The van der Waals surface area contributed by atoms with Gasteiger partial charge in [0.15, 0.2) is 11.7 Å². The molecule has 3 aromatic rings. The van der Waals surface area contributed by atoms with E-state index < -0.39 is 11.5 Å². The molecule has 1 saturated carbocycles. The number of aliphatic imine (C=N–C) groups is 1.